The Morgan fingerprint density at radius 2 is 1.83 bits per heavy atom. The van der Waals surface area contributed by atoms with Crippen LogP contribution in [0.4, 0.5) is 11.4 Å². The van der Waals surface area contributed by atoms with Gasteiger partial charge in [-0.3, -0.25) is 9.59 Å². The minimum Gasteiger partial charge on any atom is -0.330 e. The Hall–Kier alpha value is -2.63. The van der Waals surface area contributed by atoms with Gasteiger partial charge in [0.15, 0.2) is 0 Å². The molecule has 124 valence electrons. The van der Waals surface area contributed by atoms with E-state index in [4.69, 9.17) is 17.3 Å². The molecule has 0 fully saturated rings. The Morgan fingerprint density at radius 1 is 1.08 bits per heavy atom. The SMILES string of the molecule is NCCC(=O)Nc1ccc(Cl)c(NC(=O)/C=C/c2ccccc2)c1. The highest BCUT2D eigenvalue weighted by Crippen LogP contribution is 2.25. The van der Waals surface area contributed by atoms with Gasteiger partial charge < -0.3 is 16.4 Å². The lowest BCUT2D eigenvalue weighted by Crippen LogP contribution is -2.16. The molecular formula is C18H18ClN3O2. The van der Waals surface area contributed by atoms with Crippen LogP contribution < -0.4 is 16.4 Å². The lowest BCUT2D eigenvalue weighted by molar-refractivity contribution is -0.116. The molecule has 2 amide bonds. The molecule has 0 atom stereocenters. The number of carbonyl (C=O) groups is 2. The van der Waals surface area contributed by atoms with Gasteiger partial charge >= 0.3 is 0 Å². The molecular weight excluding hydrogens is 326 g/mol. The van der Waals surface area contributed by atoms with Gasteiger partial charge in [0.05, 0.1) is 10.7 Å². The van der Waals surface area contributed by atoms with Gasteiger partial charge in [0.1, 0.15) is 0 Å². The summed E-state index contributed by atoms with van der Waals surface area (Å²) in [5.74, 6) is -0.507. The van der Waals surface area contributed by atoms with Crippen molar-refractivity contribution in [2.24, 2.45) is 5.73 Å². The van der Waals surface area contributed by atoms with Gasteiger partial charge in [0.2, 0.25) is 11.8 Å². The van der Waals surface area contributed by atoms with Crippen LogP contribution in [0.5, 0.6) is 0 Å². The monoisotopic (exact) mass is 343 g/mol. The Balaban J connectivity index is 2.04. The number of hydrogen-bond acceptors (Lipinski definition) is 3. The highest BCUT2D eigenvalue weighted by Gasteiger charge is 2.07. The lowest BCUT2D eigenvalue weighted by Gasteiger charge is -2.09. The third kappa shape index (κ3) is 5.53. The van der Waals surface area contributed by atoms with Gasteiger partial charge in [0.25, 0.3) is 0 Å². The molecule has 0 saturated carbocycles. The normalized spacial score (nSPS) is 10.6. The predicted molar refractivity (Wildman–Crippen MR) is 97.9 cm³/mol. The standard InChI is InChI=1S/C18H18ClN3O2/c19-15-8-7-14(21-18(24)10-11-20)12-16(15)22-17(23)9-6-13-4-2-1-3-5-13/h1-9,12H,10-11,20H2,(H,21,24)(H,22,23)/b9-6+. The van der Waals surface area contributed by atoms with E-state index in [1.165, 1.54) is 6.08 Å². The topological polar surface area (TPSA) is 84.2 Å². The van der Waals surface area contributed by atoms with E-state index in [0.29, 0.717) is 16.4 Å². The van der Waals surface area contributed by atoms with Crippen LogP contribution in [-0.4, -0.2) is 18.4 Å². The smallest absolute Gasteiger partial charge is 0.248 e. The molecule has 0 unspecified atom stereocenters. The van der Waals surface area contributed by atoms with Crippen molar-refractivity contribution in [1.29, 1.82) is 0 Å². The van der Waals surface area contributed by atoms with Crippen LogP contribution in [0.25, 0.3) is 6.08 Å². The van der Waals surface area contributed by atoms with Crippen molar-refractivity contribution in [2.45, 2.75) is 6.42 Å². The fraction of sp³-hybridized carbons (Fsp3) is 0.111. The molecule has 0 bridgehead atoms. The van der Waals surface area contributed by atoms with Crippen molar-refractivity contribution in [3.8, 4) is 0 Å². The van der Waals surface area contributed by atoms with E-state index >= 15 is 0 Å². The Kier molecular flexibility index (Phi) is 6.54. The van der Waals surface area contributed by atoms with E-state index < -0.39 is 0 Å². The zero-order valence-corrected chi connectivity index (χ0v) is 13.7. The van der Waals surface area contributed by atoms with Crippen molar-refractivity contribution in [1.82, 2.24) is 0 Å². The molecule has 24 heavy (non-hydrogen) atoms. The summed E-state index contributed by atoms with van der Waals surface area (Å²) >= 11 is 6.08. The molecule has 0 aromatic heterocycles. The third-order valence-electron chi connectivity index (χ3n) is 3.11. The summed E-state index contributed by atoms with van der Waals surface area (Å²) < 4.78 is 0. The number of halogens is 1. The maximum Gasteiger partial charge on any atom is 0.248 e. The van der Waals surface area contributed by atoms with Gasteiger partial charge in [-0.25, -0.2) is 0 Å². The second-order valence-corrected chi connectivity index (χ2v) is 5.42. The summed E-state index contributed by atoms with van der Waals surface area (Å²) in [6.45, 7) is 0.271. The first-order valence-corrected chi connectivity index (χ1v) is 7.80. The molecule has 2 rings (SSSR count). The summed E-state index contributed by atoms with van der Waals surface area (Å²) in [7, 11) is 0. The summed E-state index contributed by atoms with van der Waals surface area (Å²) in [5.41, 5.74) is 7.22. The van der Waals surface area contributed by atoms with Gasteiger partial charge in [-0.15, -0.1) is 0 Å². The van der Waals surface area contributed by atoms with Gasteiger partial charge in [0, 0.05) is 24.7 Å². The highest BCUT2D eigenvalue weighted by molar-refractivity contribution is 6.34. The van der Waals surface area contributed by atoms with Crippen LogP contribution in [0, 0.1) is 0 Å². The summed E-state index contributed by atoms with van der Waals surface area (Å²) in [5, 5.41) is 5.77. The average Bonchev–Trinajstić information content (AvgIpc) is 2.57. The Labute approximate surface area is 145 Å². The lowest BCUT2D eigenvalue weighted by atomic mass is 10.2. The molecule has 0 aliphatic heterocycles. The minimum atomic E-state index is -0.314. The second-order valence-electron chi connectivity index (χ2n) is 5.01. The second kappa shape index (κ2) is 8.86. The van der Waals surface area contributed by atoms with Crippen LogP contribution in [0.3, 0.4) is 0 Å². The number of amides is 2. The zero-order chi connectivity index (χ0) is 17.4. The van der Waals surface area contributed by atoms with Crippen LogP contribution in [0.1, 0.15) is 12.0 Å². The molecule has 0 saturated heterocycles. The van der Waals surface area contributed by atoms with E-state index in [1.807, 2.05) is 30.3 Å². The van der Waals surface area contributed by atoms with E-state index in [-0.39, 0.29) is 24.8 Å². The fourth-order valence-electron chi connectivity index (χ4n) is 1.96. The van der Waals surface area contributed by atoms with Crippen molar-refractivity contribution in [3.63, 3.8) is 0 Å². The fourth-order valence-corrected chi connectivity index (χ4v) is 2.13. The molecule has 4 N–H and O–H groups in total. The molecule has 0 heterocycles. The average molecular weight is 344 g/mol. The Morgan fingerprint density at radius 3 is 2.54 bits per heavy atom. The van der Waals surface area contributed by atoms with Crippen LogP contribution in [0.15, 0.2) is 54.6 Å². The zero-order valence-electron chi connectivity index (χ0n) is 13.0. The molecule has 0 aliphatic rings. The maximum absolute atomic E-state index is 12.0. The van der Waals surface area contributed by atoms with Crippen molar-refractivity contribution < 1.29 is 9.59 Å². The summed E-state index contributed by atoms with van der Waals surface area (Å²) in [4.78, 5) is 23.6. The molecule has 0 aliphatic carbocycles. The van der Waals surface area contributed by atoms with Gasteiger partial charge in [-0.1, -0.05) is 41.9 Å². The van der Waals surface area contributed by atoms with Crippen LogP contribution >= 0.6 is 11.6 Å². The van der Waals surface area contributed by atoms with Crippen LogP contribution in [-0.2, 0) is 9.59 Å². The number of nitrogens with two attached hydrogens (primary N) is 1. The number of rotatable bonds is 6. The number of nitrogens with one attached hydrogen (secondary N) is 2. The molecule has 0 spiro atoms. The van der Waals surface area contributed by atoms with E-state index in [2.05, 4.69) is 10.6 Å². The first-order valence-electron chi connectivity index (χ1n) is 7.42. The number of anilines is 2. The summed E-state index contributed by atoms with van der Waals surface area (Å²) in [6.07, 6.45) is 3.35. The number of benzene rings is 2. The molecule has 2 aromatic rings. The first-order chi connectivity index (χ1) is 11.6. The quantitative estimate of drug-likeness (QED) is 0.704. The van der Waals surface area contributed by atoms with E-state index in [0.717, 1.165) is 5.56 Å². The van der Waals surface area contributed by atoms with Gasteiger partial charge in [-0.05, 0) is 29.8 Å². The minimum absolute atomic E-state index is 0.193. The maximum atomic E-state index is 12.0. The molecule has 0 radical (unpaired) electrons. The number of hydrogen-bond donors (Lipinski definition) is 3. The first kappa shape index (κ1) is 17.7. The molecule has 2 aromatic carbocycles. The number of carbonyl (C=O) groups excluding carboxylic acids is 2. The van der Waals surface area contributed by atoms with Crippen molar-refractivity contribution in [3.05, 3.63) is 65.2 Å². The molecule has 5 nitrogen and oxygen atoms in total. The van der Waals surface area contributed by atoms with E-state index in [9.17, 15) is 9.59 Å². The highest BCUT2D eigenvalue weighted by atomic mass is 35.5. The van der Waals surface area contributed by atoms with E-state index in [1.54, 1.807) is 24.3 Å². The van der Waals surface area contributed by atoms with Gasteiger partial charge in [-0.2, -0.15) is 0 Å². The molecule has 6 heteroatoms. The van der Waals surface area contributed by atoms with Crippen LogP contribution in [0.2, 0.25) is 5.02 Å². The Bertz CT molecular complexity index is 745. The van der Waals surface area contributed by atoms with Crippen molar-refractivity contribution >= 4 is 40.9 Å². The summed E-state index contributed by atoms with van der Waals surface area (Å²) in [6, 6.07) is 14.3. The largest absolute Gasteiger partial charge is 0.330 e. The third-order valence-corrected chi connectivity index (χ3v) is 3.44. The predicted octanol–water partition coefficient (Wildman–Crippen LogP) is 3.28. The van der Waals surface area contributed by atoms with Crippen molar-refractivity contribution in [2.75, 3.05) is 17.2 Å².